The summed E-state index contributed by atoms with van der Waals surface area (Å²) in [4.78, 5) is 31.5. The number of halogens is 1. The summed E-state index contributed by atoms with van der Waals surface area (Å²) in [6, 6.07) is 15.6. The molecule has 1 amide bonds. The monoisotopic (exact) mass is 383 g/mol. The molecule has 5 nitrogen and oxygen atoms in total. The van der Waals surface area contributed by atoms with Crippen LogP contribution >= 0.6 is 11.8 Å². The molecular weight excluding hydrogens is 365 g/mol. The second-order valence-electron chi connectivity index (χ2n) is 5.91. The van der Waals surface area contributed by atoms with Crippen molar-refractivity contribution in [3.8, 4) is 0 Å². The smallest absolute Gasteiger partial charge is 0.255 e. The molecule has 1 heterocycles. The van der Waals surface area contributed by atoms with Crippen LogP contribution in [0.1, 0.15) is 16.8 Å². The van der Waals surface area contributed by atoms with E-state index in [2.05, 4.69) is 15.3 Å². The van der Waals surface area contributed by atoms with Gasteiger partial charge in [-0.15, -0.1) is 0 Å². The first-order valence-corrected chi connectivity index (χ1v) is 9.32. The Bertz CT molecular complexity index is 1010. The maximum Gasteiger partial charge on any atom is 0.255 e. The highest BCUT2D eigenvalue weighted by Gasteiger charge is 2.12. The van der Waals surface area contributed by atoms with Crippen molar-refractivity contribution < 1.29 is 9.18 Å². The third-order valence-corrected chi connectivity index (χ3v) is 4.79. The number of rotatable bonds is 6. The zero-order chi connectivity index (χ0) is 19.2. The lowest BCUT2D eigenvalue weighted by Crippen LogP contribution is -2.19. The molecule has 2 N–H and O–H groups in total. The van der Waals surface area contributed by atoms with Gasteiger partial charge in [0.1, 0.15) is 5.82 Å². The summed E-state index contributed by atoms with van der Waals surface area (Å²) in [6.07, 6.45) is 0.494. The minimum absolute atomic E-state index is 0.00868. The first-order valence-electron chi connectivity index (χ1n) is 8.34. The number of para-hydroxylation sites is 1. The van der Waals surface area contributed by atoms with Crippen molar-refractivity contribution in [3.63, 3.8) is 0 Å². The van der Waals surface area contributed by atoms with Gasteiger partial charge >= 0.3 is 0 Å². The molecule has 1 aromatic heterocycles. The van der Waals surface area contributed by atoms with Crippen molar-refractivity contribution >= 4 is 23.4 Å². The third-order valence-electron chi connectivity index (χ3n) is 3.91. The normalized spacial score (nSPS) is 10.6. The van der Waals surface area contributed by atoms with Crippen LogP contribution in [-0.4, -0.2) is 21.6 Å². The van der Waals surface area contributed by atoms with Crippen LogP contribution < -0.4 is 10.9 Å². The topological polar surface area (TPSA) is 74.8 Å². The van der Waals surface area contributed by atoms with E-state index in [0.717, 1.165) is 17.3 Å². The number of hydrogen-bond acceptors (Lipinski definition) is 4. The minimum Gasteiger partial charge on any atom is -0.323 e. The minimum atomic E-state index is -0.497. The van der Waals surface area contributed by atoms with Crippen molar-refractivity contribution in [2.45, 2.75) is 18.5 Å². The highest BCUT2D eigenvalue weighted by atomic mass is 32.2. The van der Waals surface area contributed by atoms with Crippen LogP contribution in [0, 0.1) is 12.7 Å². The molecular formula is C20H18FN3O2S. The average molecular weight is 383 g/mol. The van der Waals surface area contributed by atoms with E-state index in [0.29, 0.717) is 22.8 Å². The molecule has 0 bridgehead atoms. The Balaban J connectivity index is 1.65. The van der Waals surface area contributed by atoms with Crippen LogP contribution in [0.25, 0.3) is 0 Å². The quantitative estimate of drug-likeness (QED) is 0.504. The molecule has 3 rings (SSSR count). The van der Waals surface area contributed by atoms with Gasteiger partial charge in [-0.2, -0.15) is 0 Å². The first kappa shape index (κ1) is 18.8. The lowest BCUT2D eigenvalue weighted by Gasteiger charge is -2.08. The zero-order valence-corrected chi connectivity index (χ0v) is 15.5. The summed E-state index contributed by atoms with van der Waals surface area (Å²) in [5.41, 5.74) is 2.15. The Morgan fingerprint density at radius 1 is 1.15 bits per heavy atom. The van der Waals surface area contributed by atoms with Gasteiger partial charge in [0.15, 0.2) is 5.16 Å². The lowest BCUT2D eigenvalue weighted by atomic mass is 10.1. The molecule has 0 spiro atoms. The molecule has 0 saturated carbocycles. The molecule has 0 atom stereocenters. The number of aromatic nitrogens is 2. The van der Waals surface area contributed by atoms with Crippen molar-refractivity contribution in [2.75, 3.05) is 11.1 Å². The fourth-order valence-electron chi connectivity index (χ4n) is 2.54. The van der Waals surface area contributed by atoms with E-state index < -0.39 is 5.82 Å². The van der Waals surface area contributed by atoms with Crippen LogP contribution in [0.15, 0.2) is 64.5 Å². The Morgan fingerprint density at radius 2 is 1.85 bits per heavy atom. The van der Waals surface area contributed by atoms with Gasteiger partial charge in [0, 0.05) is 17.7 Å². The molecule has 0 fully saturated rings. The highest BCUT2D eigenvalue weighted by Crippen LogP contribution is 2.17. The molecule has 0 aliphatic carbocycles. The standard InChI is InChI=1S/C20H18FN3O2S/c1-13-15(11-14-7-3-2-4-8-14)19(26)24-20(22-13)27-12-18(25)23-17-10-6-5-9-16(17)21/h2-10H,11-12H2,1H3,(H,23,25)(H,22,24,26). The van der Waals surface area contributed by atoms with Gasteiger partial charge in [0.2, 0.25) is 5.91 Å². The Morgan fingerprint density at radius 3 is 2.56 bits per heavy atom. The number of carbonyl (C=O) groups excluding carboxylic acids is 1. The molecule has 7 heteroatoms. The van der Waals surface area contributed by atoms with E-state index in [1.807, 2.05) is 30.3 Å². The number of nitrogens with one attached hydrogen (secondary N) is 2. The van der Waals surface area contributed by atoms with Gasteiger partial charge in [-0.05, 0) is 24.6 Å². The molecule has 0 aliphatic heterocycles. The average Bonchev–Trinajstić information content (AvgIpc) is 2.66. The molecule has 0 saturated heterocycles. The van der Waals surface area contributed by atoms with E-state index in [-0.39, 0.29) is 22.9 Å². The Hall–Kier alpha value is -2.93. The Kier molecular flexibility index (Phi) is 6.03. The summed E-state index contributed by atoms with van der Waals surface area (Å²) < 4.78 is 13.6. The lowest BCUT2D eigenvalue weighted by molar-refractivity contribution is -0.113. The summed E-state index contributed by atoms with van der Waals surface area (Å²) >= 11 is 1.10. The van der Waals surface area contributed by atoms with Crippen molar-refractivity contribution in [1.82, 2.24) is 9.97 Å². The number of thioether (sulfide) groups is 1. The fourth-order valence-corrected chi connectivity index (χ4v) is 3.25. The molecule has 138 valence electrons. The van der Waals surface area contributed by atoms with Crippen molar-refractivity contribution in [3.05, 3.63) is 87.6 Å². The largest absolute Gasteiger partial charge is 0.323 e. The number of aromatic amines is 1. The maximum absolute atomic E-state index is 13.6. The molecule has 27 heavy (non-hydrogen) atoms. The second-order valence-corrected chi connectivity index (χ2v) is 6.88. The maximum atomic E-state index is 13.6. The SMILES string of the molecule is Cc1nc(SCC(=O)Nc2ccccc2F)[nH]c(=O)c1Cc1ccccc1. The summed E-state index contributed by atoms with van der Waals surface area (Å²) in [6.45, 7) is 1.77. The highest BCUT2D eigenvalue weighted by molar-refractivity contribution is 7.99. The predicted octanol–water partition coefficient (Wildman–Crippen LogP) is 3.54. The predicted molar refractivity (Wildman–Crippen MR) is 105 cm³/mol. The van der Waals surface area contributed by atoms with Gasteiger partial charge in [-0.25, -0.2) is 9.37 Å². The van der Waals surface area contributed by atoms with Gasteiger partial charge in [0.05, 0.1) is 11.4 Å². The number of anilines is 1. The zero-order valence-electron chi connectivity index (χ0n) is 14.7. The van der Waals surface area contributed by atoms with Crippen LogP contribution in [0.5, 0.6) is 0 Å². The Labute approximate surface area is 160 Å². The van der Waals surface area contributed by atoms with Gasteiger partial charge in [-0.1, -0.05) is 54.2 Å². The van der Waals surface area contributed by atoms with E-state index in [1.165, 1.54) is 12.1 Å². The number of nitrogens with zero attached hydrogens (tertiary/aromatic N) is 1. The first-order chi connectivity index (χ1) is 13.0. The van der Waals surface area contributed by atoms with Crippen molar-refractivity contribution in [1.29, 1.82) is 0 Å². The summed E-state index contributed by atoms with van der Waals surface area (Å²) in [5.74, 6) is -0.864. The third kappa shape index (κ3) is 5.04. The number of H-pyrrole nitrogens is 1. The number of carbonyl (C=O) groups is 1. The number of aryl methyl sites for hydroxylation is 1. The fraction of sp³-hybridized carbons (Fsp3) is 0.150. The van der Waals surface area contributed by atoms with E-state index in [4.69, 9.17) is 0 Å². The number of benzene rings is 2. The number of hydrogen-bond donors (Lipinski definition) is 2. The van der Waals surface area contributed by atoms with Crippen LogP contribution in [0.2, 0.25) is 0 Å². The molecule has 0 aliphatic rings. The van der Waals surface area contributed by atoms with Crippen LogP contribution in [-0.2, 0) is 11.2 Å². The summed E-state index contributed by atoms with van der Waals surface area (Å²) in [7, 11) is 0. The van der Waals surface area contributed by atoms with E-state index >= 15 is 0 Å². The van der Waals surface area contributed by atoms with E-state index in [9.17, 15) is 14.0 Å². The molecule has 2 aromatic carbocycles. The molecule has 3 aromatic rings. The van der Waals surface area contributed by atoms with Crippen LogP contribution in [0.4, 0.5) is 10.1 Å². The summed E-state index contributed by atoms with van der Waals surface area (Å²) in [5, 5.41) is 2.86. The van der Waals surface area contributed by atoms with Gasteiger partial charge in [0.25, 0.3) is 5.56 Å². The second kappa shape index (κ2) is 8.64. The van der Waals surface area contributed by atoms with Gasteiger partial charge in [-0.3, -0.25) is 9.59 Å². The van der Waals surface area contributed by atoms with E-state index in [1.54, 1.807) is 19.1 Å². The molecule has 0 radical (unpaired) electrons. The number of amides is 1. The van der Waals surface area contributed by atoms with Gasteiger partial charge < -0.3 is 10.3 Å². The van der Waals surface area contributed by atoms with Crippen molar-refractivity contribution in [2.24, 2.45) is 0 Å². The van der Waals surface area contributed by atoms with Crippen LogP contribution in [0.3, 0.4) is 0 Å². The molecule has 0 unspecified atom stereocenters.